The Hall–Kier alpha value is -1.32. The van der Waals surface area contributed by atoms with Gasteiger partial charge in [0, 0.05) is 13.6 Å². The largest absolute Gasteiger partial charge is 0.478 e. The van der Waals surface area contributed by atoms with Gasteiger partial charge < -0.3 is 5.11 Å². The van der Waals surface area contributed by atoms with Crippen molar-refractivity contribution in [3.05, 3.63) is 28.8 Å². The summed E-state index contributed by atoms with van der Waals surface area (Å²) in [5.41, 5.74) is -0.443. The summed E-state index contributed by atoms with van der Waals surface area (Å²) in [6.45, 7) is -0.767. The van der Waals surface area contributed by atoms with Crippen LogP contribution in [0.25, 0.3) is 0 Å². The molecule has 1 N–H and O–H groups in total. The Labute approximate surface area is 124 Å². The van der Waals surface area contributed by atoms with Crippen LogP contribution in [0.3, 0.4) is 0 Å². The maximum Gasteiger partial charge on any atom is 0.390 e. The van der Waals surface area contributed by atoms with Crippen LogP contribution >= 0.6 is 11.6 Å². The molecular formula is C11H11ClF3NO4S. The number of hydrogen-bond acceptors (Lipinski definition) is 3. The van der Waals surface area contributed by atoms with Crippen LogP contribution in [0.15, 0.2) is 23.1 Å². The Morgan fingerprint density at radius 3 is 2.43 bits per heavy atom. The second kappa shape index (κ2) is 6.20. The minimum absolute atomic E-state index is 0.167. The van der Waals surface area contributed by atoms with Crippen molar-refractivity contribution in [1.29, 1.82) is 0 Å². The molecule has 118 valence electrons. The lowest BCUT2D eigenvalue weighted by molar-refractivity contribution is -0.135. The van der Waals surface area contributed by atoms with E-state index in [0.717, 1.165) is 25.2 Å². The van der Waals surface area contributed by atoms with Gasteiger partial charge in [-0.05, 0) is 18.2 Å². The molecule has 0 aliphatic heterocycles. The fourth-order valence-electron chi connectivity index (χ4n) is 1.41. The highest BCUT2D eigenvalue weighted by Gasteiger charge is 2.30. The van der Waals surface area contributed by atoms with Crippen LogP contribution in [0.5, 0.6) is 0 Å². The molecule has 0 aromatic heterocycles. The SMILES string of the molecule is CN(CCC(F)(F)F)S(=O)(=O)c1ccc(Cl)c(C(=O)O)c1. The van der Waals surface area contributed by atoms with Gasteiger partial charge in [0.25, 0.3) is 0 Å². The molecule has 5 nitrogen and oxygen atoms in total. The monoisotopic (exact) mass is 345 g/mol. The van der Waals surface area contributed by atoms with E-state index in [9.17, 15) is 26.4 Å². The summed E-state index contributed by atoms with van der Waals surface area (Å²) >= 11 is 5.60. The number of alkyl halides is 3. The number of hydrogen-bond donors (Lipinski definition) is 1. The van der Waals surface area contributed by atoms with Gasteiger partial charge in [0.1, 0.15) is 0 Å². The van der Waals surface area contributed by atoms with E-state index in [1.54, 1.807) is 0 Å². The first-order valence-corrected chi connectivity index (χ1v) is 7.33. The zero-order chi connectivity index (χ0) is 16.4. The van der Waals surface area contributed by atoms with Gasteiger partial charge in [0.15, 0.2) is 0 Å². The lowest BCUT2D eigenvalue weighted by Gasteiger charge is -2.18. The third-order valence-electron chi connectivity index (χ3n) is 2.59. The molecule has 0 amide bonds. The maximum atomic E-state index is 12.1. The minimum Gasteiger partial charge on any atom is -0.478 e. The number of carbonyl (C=O) groups is 1. The number of carboxylic acids is 1. The van der Waals surface area contributed by atoms with Crippen molar-refractivity contribution in [2.45, 2.75) is 17.5 Å². The Bertz CT molecular complexity index is 645. The van der Waals surface area contributed by atoms with Crippen molar-refractivity contribution in [2.24, 2.45) is 0 Å². The van der Waals surface area contributed by atoms with Crippen molar-refractivity contribution < 1.29 is 31.5 Å². The smallest absolute Gasteiger partial charge is 0.390 e. The molecule has 0 saturated carbocycles. The van der Waals surface area contributed by atoms with E-state index in [4.69, 9.17) is 16.7 Å². The van der Waals surface area contributed by atoms with E-state index in [1.807, 2.05) is 0 Å². The second-order valence-electron chi connectivity index (χ2n) is 4.14. The van der Waals surface area contributed by atoms with Crippen LogP contribution < -0.4 is 0 Å². The van der Waals surface area contributed by atoms with Gasteiger partial charge in [-0.1, -0.05) is 11.6 Å². The lowest BCUT2D eigenvalue weighted by Crippen LogP contribution is -2.30. The predicted molar refractivity (Wildman–Crippen MR) is 68.9 cm³/mol. The third kappa shape index (κ3) is 4.58. The normalized spacial score (nSPS) is 12.7. The van der Waals surface area contributed by atoms with Crippen LogP contribution in [0.2, 0.25) is 5.02 Å². The van der Waals surface area contributed by atoms with Gasteiger partial charge >= 0.3 is 12.1 Å². The summed E-state index contributed by atoms with van der Waals surface area (Å²) < 4.78 is 61.0. The molecule has 21 heavy (non-hydrogen) atoms. The molecule has 0 aliphatic rings. The topological polar surface area (TPSA) is 74.7 Å². The fourth-order valence-corrected chi connectivity index (χ4v) is 2.81. The van der Waals surface area contributed by atoms with Crippen molar-refractivity contribution >= 4 is 27.6 Å². The van der Waals surface area contributed by atoms with Crippen molar-refractivity contribution in [3.63, 3.8) is 0 Å². The van der Waals surface area contributed by atoms with Crippen LogP contribution in [0.1, 0.15) is 16.8 Å². The van der Waals surface area contributed by atoms with Crippen LogP contribution in [0, 0.1) is 0 Å². The summed E-state index contributed by atoms with van der Waals surface area (Å²) in [6, 6.07) is 2.91. The van der Waals surface area contributed by atoms with Crippen LogP contribution in [-0.4, -0.2) is 43.6 Å². The standard InChI is InChI=1S/C11H11ClF3NO4S/c1-16(5-4-11(13,14)15)21(19,20)7-2-3-9(12)8(6-7)10(17)18/h2-3,6H,4-5H2,1H3,(H,17,18). The molecule has 0 aliphatic carbocycles. The van der Waals surface area contributed by atoms with Crippen molar-refractivity contribution in [2.75, 3.05) is 13.6 Å². The highest BCUT2D eigenvalue weighted by Crippen LogP contribution is 2.24. The molecule has 0 saturated heterocycles. The number of aromatic carboxylic acids is 1. The predicted octanol–water partition coefficient (Wildman–Crippen LogP) is 2.61. The maximum absolute atomic E-state index is 12.1. The van der Waals surface area contributed by atoms with Gasteiger partial charge in [-0.3, -0.25) is 0 Å². The Balaban J connectivity index is 3.08. The van der Waals surface area contributed by atoms with Crippen molar-refractivity contribution in [1.82, 2.24) is 4.31 Å². The number of sulfonamides is 1. The fraction of sp³-hybridized carbons (Fsp3) is 0.364. The first kappa shape index (κ1) is 17.7. The molecule has 0 heterocycles. The second-order valence-corrected chi connectivity index (χ2v) is 6.59. The van der Waals surface area contributed by atoms with E-state index in [0.29, 0.717) is 4.31 Å². The summed E-state index contributed by atoms with van der Waals surface area (Å²) in [6.07, 6.45) is -5.79. The number of halogens is 4. The number of benzene rings is 1. The Morgan fingerprint density at radius 2 is 1.95 bits per heavy atom. The van der Waals surface area contributed by atoms with E-state index < -0.39 is 45.6 Å². The molecule has 0 atom stereocenters. The number of carboxylic acid groups (broad SMARTS) is 1. The van der Waals surface area contributed by atoms with Gasteiger partial charge in [0.05, 0.1) is 21.9 Å². The van der Waals surface area contributed by atoms with Gasteiger partial charge in [-0.25, -0.2) is 17.5 Å². The van der Waals surface area contributed by atoms with E-state index in [2.05, 4.69) is 0 Å². The molecule has 0 spiro atoms. The first-order valence-electron chi connectivity index (χ1n) is 5.51. The first-order chi connectivity index (χ1) is 9.45. The average Bonchev–Trinajstić information content (AvgIpc) is 2.34. The number of rotatable bonds is 5. The molecule has 0 bridgehead atoms. The average molecular weight is 346 g/mol. The van der Waals surface area contributed by atoms with Crippen molar-refractivity contribution in [3.8, 4) is 0 Å². The highest BCUT2D eigenvalue weighted by atomic mass is 35.5. The van der Waals surface area contributed by atoms with E-state index >= 15 is 0 Å². The van der Waals surface area contributed by atoms with Crippen LogP contribution in [-0.2, 0) is 10.0 Å². The highest BCUT2D eigenvalue weighted by molar-refractivity contribution is 7.89. The summed E-state index contributed by atoms with van der Waals surface area (Å²) in [5.74, 6) is -1.44. The molecular weight excluding hydrogens is 335 g/mol. The molecule has 1 aromatic rings. The summed E-state index contributed by atoms with van der Waals surface area (Å²) in [4.78, 5) is 10.5. The Morgan fingerprint density at radius 1 is 1.38 bits per heavy atom. The third-order valence-corrected chi connectivity index (χ3v) is 4.77. The zero-order valence-electron chi connectivity index (χ0n) is 10.7. The van der Waals surface area contributed by atoms with Crippen LogP contribution in [0.4, 0.5) is 13.2 Å². The zero-order valence-corrected chi connectivity index (χ0v) is 12.3. The molecule has 0 unspecified atom stereocenters. The molecule has 1 aromatic carbocycles. The van der Waals surface area contributed by atoms with Gasteiger partial charge in [-0.15, -0.1) is 0 Å². The number of nitrogens with zero attached hydrogens (tertiary/aromatic N) is 1. The molecule has 10 heteroatoms. The lowest BCUT2D eigenvalue weighted by atomic mass is 10.2. The van der Waals surface area contributed by atoms with E-state index in [1.165, 1.54) is 0 Å². The summed E-state index contributed by atoms with van der Waals surface area (Å²) in [5, 5.41) is 8.70. The quantitative estimate of drug-likeness (QED) is 0.890. The van der Waals surface area contributed by atoms with Gasteiger partial charge in [-0.2, -0.15) is 13.2 Å². The van der Waals surface area contributed by atoms with E-state index in [-0.39, 0.29) is 5.02 Å². The minimum atomic E-state index is -4.49. The molecule has 1 rings (SSSR count). The summed E-state index contributed by atoms with van der Waals surface area (Å²) in [7, 11) is -3.24. The Kier molecular flexibility index (Phi) is 5.24. The van der Waals surface area contributed by atoms with Gasteiger partial charge in [0.2, 0.25) is 10.0 Å². The molecule has 0 radical (unpaired) electrons. The molecule has 0 fully saturated rings.